The second-order valence-electron chi connectivity index (χ2n) is 7.54. The van der Waals surface area contributed by atoms with Crippen molar-refractivity contribution in [3.63, 3.8) is 0 Å². The average Bonchev–Trinajstić information content (AvgIpc) is 3.38. The Morgan fingerprint density at radius 3 is 2.37 bits per heavy atom. The van der Waals surface area contributed by atoms with Gasteiger partial charge in [0.25, 0.3) is 5.91 Å². The zero-order valence-corrected chi connectivity index (χ0v) is 19.0. The van der Waals surface area contributed by atoms with E-state index in [9.17, 15) is 4.79 Å². The standard InChI is InChI=1S/C19H35N5O2.HI/c1-20-19(21-8-2-3-9-22-10-4-5-11-22)24-14-12-23(13-15-24)18(25)17-7-6-16-26-17;/h17H,2-16H2,1H3,(H,20,21);1H. The molecule has 8 heteroatoms. The molecule has 1 amide bonds. The third-order valence-corrected chi connectivity index (χ3v) is 5.69. The van der Waals surface area contributed by atoms with Crippen molar-refractivity contribution in [1.82, 2.24) is 20.0 Å². The van der Waals surface area contributed by atoms with Crippen LogP contribution in [0.4, 0.5) is 0 Å². The third kappa shape index (κ3) is 6.74. The number of nitrogens with zero attached hydrogens (tertiary/aromatic N) is 4. The number of likely N-dealkylation sites (tertiary alicyclic amines) is 1. The number of rotatable bonds is 6. The molecule has 1 N–H and O–H groups in total. The first-order valence-electron chi connectivity index (χ1n) is 10.4. The van der Waals surface area contributed by atoms with Gasteiger partial charge >= 0.3 is 0 Å². The van der Waals surface area contributed by atoms with Gasteiger partial charge in [0.15, 0.2) is 5.96 Å². The van der Waals surface area contributed by atoms with Gasteiger partial charge in [-0.05, 0) is 58.2 Å². The van der Waals surface area contributed by atoms with Gasteiger partial charge in [-0.15, -0.1) is 24.0 Å². The van der Waals surface area contributed by atoms with Crippen LogP contribution in [0.2, 0.25) is 0 Å². The molecule has 3 aliphatic rings. The Balaban J connectivity index is 0.00000261. The van der Waals surface area contributed by atoms with Crippen molar-refractivity contribution in [2.24, 2.45) is 4.99 Å². The van der Waals surface area contributed by atoms with E-state index >= 15 is 0 Å². The number of hydrogen-bond acceptors (Lipinski definition) is 4. The van der Waals surface area contributed by atoms with Crippen LogP contribution in [0, 0.1) is 0 Å². The fraction of sp³-hybridized carbons (Fsp3) is 0.895. The van der Waals surface area contributed by atoms with Crippen LogP contribution < -0.4 is 5.32 Å². The lowest BCUT2D eigenvalue weighted by Crippen LogP contribution is -2.55. The summed E-state index contributed by atoms with van der Waals surface area (Å²) in [5.41, 5.74) is 0. The monoisotopic (exact) mass is 493 g/mol. The van der Waals surface area contributed by atoms with Crippen LogP contribution in [0.3, 0.4) is 0 Å². The summed E-state index contributed by atoms with van der Waals surface area (Å²) in [6, 6.07) is 0. The maximum Gasteiger partial charge on any atom is 0.251 e. The zero-order chi connectivity index (χ0) is 18.2. The van der Waals surface area contributed by atoms with Crippen molar-refractivity contribution in [1.29, 1.82) is 0 Å². The average molecular weight is 493 g/mol. The van der Waals surface area contributed by atoms with Crippen LogP contribution in [0.25, 0.3) is 0 Å². The number of aliphatic imine (C=N–C) groups is 1. The lowest BCUT2D eigenvalue weighted by molar-refractivity contribution is -0.142. The number of amides is 1. The summed E-state index contributed by atoms with van der Waals surface area (Å²) in [6.07, 6.45) is 6.83. The molecular formula is C19H36IN5O2. The highest BCUT2D eigenvalue weighted by molar-refractivity contribution is 14.0. The molecule has 0 radical (unpaired) electrons. The number of halogens is 1. The van der Waals surface area contributed by atoms with E-state index in [1.54, 1.807) is 0 Å². The second-order valence-corrected chi connectivity index (χ2v) is 7.54. The van der Waals surface area contributed by atoms with Crippen molar-refractivity contribution >= 4 is 35.8 Å². The molecule has 0 spiro atoms. The van der Waals surface area contributed by atoms with Crippen molar-refractivity contribution < 1.29 is 9.53 Å². The Morgan fingerprint density at radius 1 is 1.04 bits per heavy atom. The maximum absolute atomic E-state index is 12.4. The summed E-state index contributed by atoms with van der Waals surface area (Å²) in [5.74, 6) is 1.14. The molecule has 27 heavy (non-hydrogen) atoms. The quantitative estimate of drug-likeness (QED) is 0.262. The van der Waals surface area contributed by atoms with Crippen LogP contribution in [0.1, 0.15) is 38.5 Å². The smallest absolute Gasteiger partial charge is 0.251 e. The van der Waals surface area contributed by atoms with E-state index < -0.39 is 0 Å². The predicted octanol–water partition coefficient (Wildman–Crippen LogP) is 1.38. The molecule has 1 atom stereocenters. The number of carbonyl (C=O) groups excluding carboxylic acids is 1. The van der Waals surface area contributed by atoms with E-state index in [0.717, 1.165) is 58.1 Å². The van der Waals surface area contributed by atoms with Gasteiger partial charge in [-0.2, -0.15) is 0 Å². The normalized spacial score (nSPS) is 24.2. The zero-order valence-electron chi connectivity index (χ0n) is 16.7. The molecule has 156 valence electrons. The van der Waals surface area contributed by atoms with E-state index in [2.05, 4.69) is 20.1 Å². The Labute approximate surface area is 180 Å². The minimum absolute atomic E-state index is 0. The van der Waals surface area contributed by atoms with E-state index in [-0.39, 0.29) is 36.0 Å². The highest BCUT2D eigenvalue weighted by atomic mass is 127. The first-order valence-corrected chi connectivity index (χ1v) is 10.4. The van der Waals surface area contributed by atoms with Crippen molar-refractivity contribution in [2.45, 2.75) is 44.6 Å². The van der Waals surface area contributed by atoms with Gasteiger partial charge in [-0.3, -0.25) is 9.79 Å². The Kier molecular flexibility index (Phi) is 10.1. The molecule has 0 aromatic carbocycles. The summed E-state index contributed by atoms with van der Waals surface area (Å²) in [5, 5.41) is 3.49. The van der Waals surface area contributed by atoms with E-state index in [4.69, 9.17) is 4.74 Å². The van der Waals surface area contributed by atoms with Crippen LogP contribution in [0.15, 0.2) is 4.99 Å². The number of guanidine groups is 1. The van der Waals surface area contributed by atoms with Gasteiger partial charge in [0.1, 0.15) is 6.10 Å². The van der Waals surface area contributed by atoms with Gasteiger partial charge < -0.3 is 24.8 Å². The first-order chi connectivity index (χ1) is 12.8. The summed E-state index contributed by atoms with van der Waals surface area (Å²) >= 11 is 0. The molecule has 3 rings (SSSR count). The van der Waals surface area contributed by atoms with E-state index in [1.807, 2.05) is 11.9 Å². The fourth-order valence-corrected chi connectivity index (χ4v) is 4.11. The molecule has 0 saturated carbocycles. The molecule has 0 aromatic heterocycles. The highest BCUT2D eigenvalue weighted by Gasteiger charge is 2.30. The molecular weight excluding hydrogens is 457 g/mol. The van der Waals surface area contributed by atoms with Gasteiger partial charge in [-0.25, -0.2) is 0 Å². The number of ether oxygens (including phenoxy) is 1. The Hall–Kier alpha value is -0.610. The van der Waals surface area contributed by atoms with Gasteiger partial charge in [-0.1, -0.05) is 0 Å². The summed E-state index contributed by atoms with van der Waals surface area (Å²) in [7, 11) is 1.84. The minimum Gasteiger partial charge on any atom is -0.368 e. The van der Waals surface area contributed by atoms with Crippen molar-refractivity contribution in [3.05, 3.63) is 0 Å². The van der Waals surface area contributed by atoms with Gasteiger partial charge in [0.05, 0.1) is 0 Å². The topological polar surface area (TPSA) is 60.4 Å². The predicted molar refractivity (Wildman–Crippen MR) is 119 cm³/mol. The van der Waals surface area contributed by atoms with Crippen LogP contribution in [-0.4, -0.2) is 98.7 Å². The third-order valence-electron chi connectivity index (χ3n) is 5.69. The largest absolute Gasteiger partial charge is 0.368 e. The summed E-state index contributed by atoms with van der Waals surface area (Å²) in [6.45, 7) is 8.68. The number of carbonyl (C=O) groups is 1. The van der Waals surface area contributed by atoms with Crippen molar-refractivity contribution in [3.8, 4) is 0 Å². The molecule has 3 heterocycles. The molecule has 0 bridgehead atoms. The molecule has 3 saturated heterocycles. The van der Waals surface area contributed by atoms with Gasteiger partial charge in [0.2, 0.25) is 0 Å². The molecule has 1 unspecified atom stereocenters. The maximum atomic E-state index is 12.4. The number of nitrogens with one attached hydrogen (secondary N) is 1. The van der Waals surface area contributed by atoms with E-state index in [0.29, 0.717) is 0 Å². The Bertz CT molecular complexity index is 471. The second kappa shape index (κ2) is 12.1. The lowest BCUT2D eigenvalue weighted by Gasteiger charge is -2.37. The summed E-state index contributed by atoms with van der Waals surface area (Å²) in [4.78, 5) is 23.6. The number of piperazine rings is 1. The number of unbranched alkanes of at least 4 members (excludes halogenated alkanes) is 1. The highest BCUT2D eigenvalue weighted by Crippen LogP contribution is 2.16. The molecule has 3 aliphatic heterocycles. The van der Waals surface area contributed by atoms with E-state index in [1.165, 1.54) is 45.3 Å². The fourth-order valence-electron chi connectivity index (χ4n) is 4.11. The van der Waals surface area contributed by atoms with Gasteiger partial charge in [0, 0.05) is 46.4 Å². The molecule has 7 nitrogen and oxygen atoms in total. The number of hydrogen-bond donors (Lipinski definition) is 1. The SMILES string of the molecule is CN=C(NCCCCN1CCCC1)N1CCN(C(=O)C2CCCO2)CC1.I. The van der Waals surface area contributed by atoms with Crippen LogP contribution >= 0.6 is 24.0 Å². The molecule has 0 aromatic rings. The van der Waals surface area contributed by atoms with Crippen molar-refractivity contribution in [2.75, 3.05) is 66.0 Å². The first kappa shape index (κ1) is 22.7. The molecule has 3 fully saturated rings. The summed E-state index contributed by atoms with van der Waals surface area (Å²) < 4.78 is 5.53. The van der Waals surface area contributed by atoms with Crippen LogP contribution in [-0.2, 0) is 9.53 Å². The minimum atomic E-state index is -0.199. The van der Waals surface area contributed by atoms with Crippen LogP contribution in [0.5, 0.6) is 0 Å². The Morgan fingerprint density at radius 2 is 1.74 bits per heavy atom. The molecule has 0 aliphatic carbocycles. The lowest BCUT2D eigenvalue weighted by atomic mass is 10.2.